The number of benzene rings is 3. The normalized spacial score (nSPS) is 20.1. The minimum atomic E-state index is -0.677. The van der Waals surface area contributed by atoms with E-state index in [2.05, 4.69) is 34.3 Å². The molecule has 3 aromatic carbocycles. The predicted octanol–water partition coefficient (Wildman–Crippen LogP) is 5.18. The van der Waals surface area contributed by atoms with Crippen LogP contribution in [0, 0.1) is 5.92 Å². The Kier molecular flexibility index (Phi) is 9.49. The monoisotopic (exact) mass is 589 g/mol. The van der Waals surface area contributed by atoms with Gasteiger partial charge in [0.05, 0.1) is 24.5 Å². The summed E-state index contributed by atoms with van der Waals surface area (Å²) < 4.78 is 19.6. The highest BCUT2D eigenvalue weighted by molar-refractivity contribution is 7.99. The van der Waals surface area contributed by atoms with Crippen molar-refractivity contribution in [3.8, 4) is 11.4 Å². The van der Waals surface area contributed by atoms with Crippen molar-refractivity contribution in [3.05, 3.63) is 102 Å². The highest BCUT2D eigenvalue weighted by Gasteiger charge is 2.38. The number of rotatable bonds is 10. The van der Waals surface area contributed by atoms with Crippen molar-refractivity contribution in [2.24, 2.45) is 5.92 Å². The number of hydrogen-bond acceptors (Lipinski definition) is 10. The number of thioether (sulfide) groups is 1. The summed E-state index contributed by atoms with van der Waals surface area (Å²) >= 11 is 1.46. The molecule has 3 N–H and O–H groups in total. The van der Waals surface area contributed by atoms with Crippen molar-refractivity contribution >= 4 is 23.5 Å². The van der Waals surface area contributed by atoms with E-state index in [4.69, 9.17) is 14.2 Å². The number of carbonyl (C=O) groups excluding carboxylic acids is 1. The molecular formula is C30H31N5O6S. The van der Waals surface area contributed by atoms with E-state index in [1.807, 2.05) is 36.4 Å². The third-order valence-electron chi connectivity index (χ3n) is 6.80. The van der Waals surface area contributed by atoms with Crippen molar-refractivity contribution in [2.75, 3.05) is 17.7 Å². The summed E-state index contributed by atoms with van der Waals surface area (Å²) in [6.07, 6.45) is -0.281. The van der Waals surface area contributed by atoms with Crippen LogP contribution in [0.5, 0.6) is 5.75 Å². The second kappa shape index (κ2) is 13.6. The lowest BCUT2D eigenvalue weighted by molar-refractivity contribution is -0.268. The second-order valence-electron chi connectivity index (χ2n) is 9.66. The van der Waals surface area contributed by atoms with Crippen LogP contribution < -0.4 is 5.32 Å². The average molecular weight is 590 g/mol. The van der Waals surface area contributed by atoms with Gasteiger partial charge in [-0.15, -0.1) is 5.10 Å². The first-order chi connectivity index (χ1) is 20.4. The number of carbonyl (C=O) groups is 1. The van der Waals surface area contributed by atoms with Gasteiger partial charge >= 0.3 is 6.09 Å². The molecule has 11 nitrogen and oxygen atoms in total. The highest BCUT2D eigenvalue weighted by atomic mass is 32.2. The molecule has 0 saturated carbocycles. The van der Waals surface area contributed by atoms with Crippen molar-refractivity contribution in [2.45, 2.75) is 37.2 Å². The van der Waals surface area contributed by atoms with Gasteiger partial charge in [-0.3, -0.25) is 5.32 Å². The lowest BCUT2D eigenvalue weighted by Crippen LogP contribution is -2.38. The number of nitrogens with one attached hydrogen (secondary N) is 1. The molecule has 1 saturated heterocycles. The number of aromatic hydroxyl groups is 1. The maximum absolute atomic E-state index is 11.9. The van der Waals surface area contributed by atoms with Gasteiger partial charge in [-0.25, -0.2) is 4.79 Å². The summed E-state index contributed by atoms with van der Waals surface area (Å²) in [5.41, 5.74) is 3.87. The molecule has 1 aliphatic rings. The Morgan fingerprint density at radius 2 is 1.79 bits per heavy atom. The Balaban J connectivity index is 1.35. The van der Waals surface area contributed by atoms with Crippen molar-refractivity contribution in [1.29, 1.82) is 0 Å². The van der Waals surface area contributed by atoms with Gasteiger partial charge in [0.25, 0.3) is 0 Å². The van der Waals surface area contributed by atoms with Gasteiger partial charge in [-0.05, 0) is 58.0 Å². The maximum atomic E-state index is 11.9. The Bertz CT molecular complexity index is 1480. The molecule has 0 spiro atoms. The lowest BCUT2D eigenvalue weighted by atomic mass is 9.91. The van der Waals surface area contributed by atoms with Crippen molar-refractivity contribution in [1.82, 2.24) is 20.2 Å². The number of tetrazole rings is 1. The number of aliphatic hydroxyl groups is 1. The minimum Gasteiger partial charge on any atom is -0.508 e. The second-order valence-corrected chi connectivity index (χ2v) is 10.6. The molecule has 2 heterocycles. The molecule has 5 rings (SSSR count). The summed E-state index contributed by atoms with van der Waals surface area (Å²) in [4.78, 5) is 11.9. The predicted molar refractivity (Wildman–Crippen MR) is 156 cm³/mol. The molecule has 0 aliphatic carbocycles. The molecule has 0 bridgehead atoms. The lowest BCUT2D eigenvalue weighted by Gasteiger charge is -2.41. The summed E-state index contributed by atoms with van der Waals surface area (Å²) in [6.45, 7) is 5.70. The fourth-order valence-electron chi connectivity index (χ4n) is 4.50. The smallest absolute Gasteiger partial charge is 0.411 e. The van der Waals surface area contributed by atoms with Crippen LogP contribution in [0.2, 0.25) is 0 Å². The zero-order chi connectivity index (χ0) is 29.5. The number of amides is 1. The fourth-order valence-corrected chi connectivity index (χ4v) is 5.56. The van der Waals surface area contributed by atoms with Crippen molar-refractivity contribution in [3.63, 3.8) is 0 Å². The Hall–Kier alpha value is -4.23. The van der Waals surface area contributed by atoms with Gasteiger partial charge in [0, 0.05) is 22.9 Å². The van der Waals surface area contributed by atoms with Gasteiger partial charge in [-0.1, -0.05) is 67.7 Å². The maximum Gasteiger partial charge on any atom is 0.411 e. The molecule has 1 fully saturated rings. The molecule has 12 heteroatoms. The van der Waals surface area contributed by atoms with E-state index in [1.54, 1.807) is 41.1 Å². The number of aromatic nitrogens is 4. The summed E-state index contributed by atoms with van der Waals surface area (Å²) in [6, 6.07) is 21.5. The van der Waals surface area contributed by atoms with E-state index in [-0.39, 0.29) is 37.1 Å². The molecule has 0 unspecified atom stereocenters. The summed E-state index contributed by atoms with van der Waals surface area (Å²) in [5, 5.41) is 34.5. The standard InChI is InChI=1S/C30H31N5O6S/c1-3-16-39-30(38)31-23-10-8-22(9-11-23)28-40-26(19(2)27(41-28)21-6-4-20(17-36)5-7-21)18-42-29-32-33-34-35(29)24-12-14-25(37)15-13-24/h3-15,19,26-28,36-37H,1,16-18H2,2H3,(H,31,38)/t19-,26+,27+,28+/m1/s1. The molecule has 1 amide bonds. The first-order valence-corrected chi connectivity index (χ1v) is 14.3. The summed E-state index contributed by atoms with van der Waals surface area (Å²) in [7, 11) is 0. The quantitative estimate of drug-likeness (QED) is 0.167. The number of aliphatic hydroxyl groups excluding tert-OH is 1. The summed E-state index contributed by atoms with van der Waals surface area (Å²) in [5.74, 6) is 0.665. The SMILES string of the molecule is C=CCOC(=O)Nc1ccc([C@H]2O[C@@H](CSc3nnnn3-c3ccc(O)cc3)[C@@H](C)[C@@H](c3ccc(CO)cc3)O2)cc1. The number of ether oxygens (including phenoxy) is 3. The van der Waals surface area contributed by atoms with Gasteiger partial charge in [0.1, 0.15) is 12.4 Å². The number of nitrogens with zero attached hydrogens (tertiary/aromatic N) is 4. The van der Waals surface area contributed by atoms with E-state index in [1.165, 1.54) is 17.8 Å². The van der Waals surface area contributed by atoms with Gasteiger partial charge in [0.2, 0.25) is 5.16 Å². The third-order valence-corrected chi connectivity index (χ3v) is 7.80. The van der Waals surface area contributed by atoms with E-state index in [0.29, 0.717) is 16.6 Å². The van der Waals surface area contributed by atoms with Crippen LogP contribution in [0.15, 0.2) is 90.6 Å². The molecule has 1 aromatic heterocycles. The van der Waals surface area contributed by atoms with E-state index < -0.39 is 12.4 Å². The largest absolute Gasteiger partial charge is 0.508 e. The molecule has 4 atom stereocenters. The number of hydrogen-bond donors (Lipinski definition) is 3. The van der Waals surface area contributed by atoms with Crippen LogP contribution in [0.1, 0.15) is 36.0 Å². The zero-order valence-corrected chi connectivity index (χ0v) is 23.7. The Morgan fingerprint density at radius 3 is 2.48 bits per heavy atom. The fraction of sp³-hybridized carbons (Fsp3) is 0.267. The van der Waals surface area contributed by atoms with E-state index in [9.17, 15) is 15.0 Å². The first-order valence-electron chi connectivity index (χ1n) is 13.3. The average Bonchev–Trinajstić information content (AvgIpc) is 3.49. The van der Waals surface area contributed by atoms with Crippen LogP contribution in [0.4, 0.5) is 10.5 Å². The molecule has 218 valence electrons. The van der Waals surface area contributed by atoms with E-state index >= 15 is 0 Å². The highest BCUT2D eigenvalue weighted by Crippen LogP contribution is 2.43. The number of anilines is 1. The van der Waals surface area contributed by atoms with Crippen LogP contribution in [-0.4, -0.2) is 55.0 Å². The third kappa shape index (κ3) is 6.97. The van der Waals surface area contributed by atoms with Crippen molar-refractivity contribution < 1.29 is 29.2 Å². The zero-order valence-electron chi connectivity index (χ0n) is 22.9. The van der Waals surface area contributed by atoms with Crippen LogP contribution in [0.25, 0.3) is 5.69 Å². The molecule has 42 heavy (non-hydrogen) atoms. The molecule has 1 aliphatic heterocycles. The molecule has 0 radical (unpaired) electrons. The molecule has 4 aromatic rings. The van der Waals surface area contributed by atoms with E-state index in [0.717, 1.165) is 22.4 Å². The Labute approximate surface area is 247 Å². The Morgan fingerprint density at radius 1 is 1.07 bits per heavy atom. The molecular weight excluding hydrogens is 558 g/mol. The van der Waals surface area contributed by atoms with Crippen LogP contribution >= 0.6 is 11.8 Å². The van der Waals surface area contributed by atoms with Gasteiger partial charge < -0.3 is 24.4 Å². The van der Waals surface area contributed by atoms with Crippen LogP contribution in [0.3, 0.4) is 0 Å². The van der Waals surface area contributed by atoms with Gasteiger partial charge in [-0.2, -0.15) is 4.68 Å². The topological polar surface area (TPSA) is 141 Å². The van der Waals surface area contributed by atoms with Gasteiger partial charge in [0.15, 0.2) is 6.29 Å². The number of phenolic OH excluding ortho intramolecular Hbond substituents is 1. The van der Waals surface area contributed by atoms with Crippen LogP contribution in [-0.2, 0) is 20.8 Å². The first kappa shape index (κ1) is 29.3. The number of phenols is 1. The minimum absolute atomic E-state index is 0.0349.